The molecule has 146 valence electrons. The lowest BCUT2D eigenvalue weighted by Crippen LogP contribution is -2.59. The van der Waals surface area contributed by atoms with E-state index in [1.165, 1.54) is 11.3 Å². The molecule has 4 aliphatic carbocycles. The van der Waals surface area contributed by atoms with E-state index >= 15 is 0 Å². The van der Waals surface area contributed by atoms with Crippen molar-refractivity contribution >= 4 is 29.3 Å². The fourth-order valence-electron chi connectivity index (χ4n) is 5.57. The van der Waals surface area contributed by atoms with Crippen molar-refractivity contribution in [2.24, 2.45) is 17.3 Å². The van der Waals surface area contributed by atoms with Crippen LogP contribution in [0.2, 0.25) is 0 Å². The normalized spacial score (nSPS) is 34.7. The summed E-state index contributed by atoms with van der Waals surface area (Å²) < 4.78 is 0. The van der Waals surface area contributed by atoms with Gasteiger partial charge in [-0.3, -0.25) is 14.4 Å². The van der Waals surface area contributed by atoms with Crippen LogP contribution in [-0.4, -0.2) is 53.7 Å². The molecular weight excluding hydrogens is 354 g/mol. The van der Waals surface area contributed by atoms with Crippen molar-refractivity contribution in [1.82, 2.24) is 15.5 Å². The molecule has 0 spiro atoms. The van der Waals surface area contributed by atoms with Gasteiger partial charge in [-0.15, -0.1) is 11.6 Å². The number of nitrogens with one attached hydrogen (secondary N) is 2. The third-order valence-electron chi connectivity index (χ3n) is 6.13. The number of likely N-dealkylation sites (N-methyl/N-ethyl adjacent to an activating group) is 1. The fourth-order valence-corrected chi connectivity index (χ4v) is 6.26. The van der Waals surface area contributed by atoms with Gasteiger partial charge < -0.3 is 15.5 Å². The van der Waals surface area contributed by atoms with Gasteiger partial charge in [-0.05, 0) is 64.2 Å². The Labute approximate surface area is 160 Å². The lowest BCUT2D eigenvalue weighted by atomic mass is 9.49. The number of amides is 3. The largest absolute Gasteiger partial charge is 0.352 e. The number of alkyl halides is 1. The Balaban J connectivity index is 1.52. The van der Waals surface area contributed by atoms with Gasteiger partial charge >= 0.3 is 0 Å². The Kier molecular flexibility index (Phi) is 5.26. The molecule has 7 heteroatoms. The van der Waals surface area contributed by atoms with Gasteiger partial charge in [-0.25, -0.2) is 0 Å². The third kappa shape index (κ3) is 4.00. The molecule has 2 N–H and O–H groups in total. The van der Waals surface area contributed by atoms with E-state index in [-0.39, 0.29) is 41.7 Å². The summed E-state index contributed by atoms with van der Waals surface area (Å²) in [6, 6.07) is 0.0321. The SMILES string of the molecule is CC(C)NC(=O)CN(C)C(=O)CNC(=O)C12C[C@@H]3C[C@@H](CC(Cl)(C3)C1)C2. The Morgan fingerprint density at radius 2 is 1.77 bits per heavy atom. The molecule has 4 fully saturated rings. The summed E-state index contributed by atoms with van der Waals surface area (Å²) in [5.41, 5.74) is -0.403. The van der Waals surface area contributed by atoms with Crippen LogP contribution in [0.4, 0.5) is 0 Å². The zero-order chi connectivity index (χ0) is 19.1. The molecule has 4 bridgehead atoms. The molecule has 4 saturated carbocycles. The number of hydrogen-bond acceptors (Lipinski definition) is 3. The topological polar surface area (TPSA) is 78.5 Å². The number of carbonyl (C=O) groups excluding carboxylic acids is 3. The molecule has 0 saturated heterocycles. The summed E-state index contributed by atoms with van der Waals surface area (Å²) in [7, 11) is 1.58. The van der Waals surface area contributed by atoms with E-state index in [0.717, 1.165) is 32.1 Å². The first kappa shape index (κ1) is 19.5. The Bertz CT molecular complexity index is 593. The lowest BCUT2D eigenvalue weighted by molar-refractivity contribution is -0.146. The zero-order valence-electron chi connectivity index (χ0n) is 15.9. The Morgan fingerprint density at radius 1 is 1.15 bits per heavy atom. The second-order valence-electron chi connectivity index (χ2n) is 9.05. The minimum Gasteiger partial charge on any atom is -0.352 e. The molecule has 0 heterocycles. The van der Waals surface area contributed by atoms with E-state index in [1.807, 2.05) is 13.8 Å². The number of carbonyl (C=O) groups is 3. The summed E-state index contributed by atoms with van der Waals surface area (Å²) in [5, 5.41) is 5.58. The van der Waals surface area contributed by atoms with Crippen molar-refractivity contribution in [2.75, 3.05) is 20.1 Å². The summed E-state index contributed by atoms with van der Waals surface area (Å²) >= 11 is 6.78. The van der Waals surface area contributed by atoms with Crippen molar-refractivity contribution in [3.63, 3.8) is 0 Å². The number of halogens is 1. The van der Waals surface area contributed by atoms with E-state index in [4.69, 9.17) is 11.6 Å². The first-order valence-corrected chi connectivity index (χ1v) is 9.99. The van der Waals surface area contributed by atoms with Gasteiger partial charge in [0.2, 0.25) is 17.7 Å². The van der Waals surface area contributed by atoms with Gasteiger partial charge in [-0.2, -0.15) is 0 Å². The van der Waals surface area contributed by atoms with E-state index in [9.17, 15) is 14.4 Å². The van der Waals surface area contributed by atoms with Gasteiger partial charge in [-0.1, -0.05) is 0 Å². The van der Waals surface area contributed by atoms with Crippen molar-refractivity contribution in [3.8, 4) is 0 Å². The van der Waals surface area contributed by atoms with Crippen molar-refractivity contribution in [3.05, 3.63) is 0 Å². The summed E-state index contributed by atoms with van der Waals surface area (Å²) in [6.07, 6.45) is 5.74. The lowest BCUT2D eigenvalue weighted by Gasteiger charge is -2.59. The summed E-state index contributed by atoms with van der Waals surface area (Å²) in [5.74, 6) is 0.579. The van der Waals surface area contributed by atoms with E-state index in [2.05, 4.69) is 10.6 Å². The van der Waals surface area contributed by atoms with Crippen LogP contribution in [0.5, 0.6) is 0 Å². The van der Waals surface area contributed by atoms with Gasteiger partial charge in [0.1, 0.15) is 0 Å². The molecule has 6 nitrogen and oxygen atoms in total. The number of nitrogens with zero attached hydrogens (tertiary/aromatic N) is 1. The average Bonchev–Trinajstić information content (AvgIpc) is 2.48. The summed E-state index contributed by atoms with van der Waals surface area (Å²) in [6.45, 7) is 3.66. The predicted molar refractivity (Wildman–Crippen MR) is 99.6 cm³/mol. The van der Waals surface area contributed by atoms with E-state index in [0.29, 0.717) is 11.8 Å². The second kappa shape index (κ2) is 7.02. The number of rotatable bonds is 6. The van der Waals surface area contributed by atoms with Crippen LogP contribution in [0.3, 0.4) is 0 Å². The smallest absolute Gasteiger partial charge is 0.242 e. The number of hydrogen-bond donors (Lipinski definition) is 2. The van der Waals surface area contributed by atoms with Crippen molar-refractivity contribution < 1.29 is 14.4 Å². The quantitative estimate of drug-likeness (QED) is 0.685. The first-order valence-electron chi connectivity index (χ1n) is 9.61. The molecule has 26 heavy (non-hydrogen) atoms. The predicted octanol–water partition coefficient (Wildman–Crippen LogP) is 1.66. The Hall–Kier alpha value is -1.30. The van der Waals surface area contributed by atoms with E-state index in [1.54, 1.807) is 7.05 Å². The van der Waals surface area contributed by atoms with Gasteiger partial charge in [0.15, 0.2) is 0 Å². The van der Waals surface area contributed by atoms with Crippen LogP contribution in [0.25, 0.3) is 0 Å². The van der Waals surface area contributed by atoms with Crippen LogP contribution >= 0.6 is 11.6 Å². The molecule has 4 aliphatic rings. The molecule has 0 aromatic rings. The highest BCUT2D eigenvalue weighted by Crippen LogP contribution is 2.63. The molecule has 3 amide bonds. The van der Waals surface area contributed by atoms with Crippen molar-refractivity contribution in [2.45, 2.75) is 63.3 Å². The monoisotopic (exact) mass is 383 g/mol. The van der Waals surface area contributed by atoms with Crippen LogP contribution in [0.1, 0.15) is 52.4 Å². The highest BCUT2D eigenvalue weighted by molar-refractivity contribution is 6.24. The minimum absolute atomic E-state index is 0.00698. The molecular formula is C19H30ClN3O3. The average molecular weight is 384 g/mol. The van der Waals surface area contributed by atoms with Gasteiger partial charge in [0.05, 0.1) is 18.5 Å². The van der Waals surface area contributed by atoms with Crippen LogP contribution in [-0.2, 0) is 14.4 Å². The highest BCUT2D eigenvalue weighted by atomic mass is 35.5. The third-order valence-corrected chi connectivity index (χ3v) is 6.57. The first-order chi connectivity index (χ1) is 12.1. The fraction of sp³-hybridized carbons (Fsp3) is 0.842. The summed E-state index contributed by atoms with van der Waals surface area (Å²) in [4.78, 5) is 38.1. The standard InChI is InChI=1S/C19H30ClN3O3/c1-12(2)22-15(24)10-23(3)16(25)9-21-17(26)18-5-13-4-14(6-18)8-19(20,7-13)11-18/h12-14H,4-11H2,1-3H3,(H,21,26)(H,22,24)/t13-,14+,18?,19?. The van der Waals surface area contributed by atoms with Gasteiger partial charge in [0, 0.05) is 18.0 Å². The molecule has 4 rings (SSSR count). The zero-order valence-corrected chi connectivity index (χ0v) is 16.7. The molecule has 0 radical (unpaired) electrons. The van der Waals surface area contributed by atoms with Crippen LogP contribution < -0.4 is 10.6 Å². The van der Waals surface area contributed by atoms with Crippen LogP contribution in [0, 0.1) is 17.3 Å². The van der Waals surface area contributed by atoms with Crippen molar-refractivity contribution in [1.29, 1.82) is 0 Å². The molecule has 2 unspecified atom stereocenters. The second-order valence-corrected chi connectivity index (χ2v) is 9.85. The highest BCUT2D eigenvalue weighted by Gasteiger charge is 2.60. The molecule has 0 aliphatic heterocycles. The maximum absolute atomic E-state index is 12.9. The van der Waals surface area contributed by atoms with Crippen LogP contribution in [0.15, 0.2) is 0 Å². The molecule has 0 aromatic heterocycles. The Morgan fingerprint density at radius 3 is 2.31 bits per heavy atom. The molecule has 4 atom stereocenters. The minimum atomic E-state index is -0.403. The van der Waals surface area contributed by atoms with Gasteiger partial charge in [0.25, 0.3) is 0 Å². The molecule has 0 aromatic carbocycles. The van der Waals surface area contributed by atoms with E-state index < -0.39 is 5.41 Å². The maximum Gasteiger partial charge on any atom is 0.242 e. The maximum atomic E-state index is 12.9.